The minimum Gasteiger partial charge on any atom is -0.465 e. The van der Waals surface area contributed by atoms with E-state index in [4.69, 9.17) is 4.74 Å². The molecule has 0 saturated heterocycles. The van der Waals surface area contributed by atoms with Gasteiger partial charge in [-0.3, -0.25) is 9.48 Å². The van der Waals surface area contributed by atoms with Gasteiger partial charge in [0.15, 0.2) is 0 Å². The highest BCUT2D eigenvalue weighted by molar-refractivity contribution is 7.17. The largest absolute Gasteiger partial charge is 0.465 e. The van der Waals surface area contributed by atoms with Crippen molar-refractivity contribution in [3.63, 3.8) is 0 Å². The molecule has 0 aromatic carbocycles. The summed E-state index contributed by atoms with van der Waals surface area (Å²) in [6, 6.07) is 0. The van der Waals surface area contributed by atoms with Gasteiger partial charge in [-0.15, -0.1) is 11.3 Å². The van der Waals surface area contributed by atoms with Crippen LogP contribution in [0.2, 0.25) is 0 Å². The van der Waals surface area contributed by atoms with Crippen molar-refractivity contribution in [3.05, 3.63) is 39.5 Å². The summed E-state index contributed by atoms with van der Waals surface area (Å²) in [4.78, 5) is 26.2. The Labute approximate surface area is 176 Å². The maximum atomic E-state index is 12.5. The van der Waals surface area contributed by atoms with E-state index in [2.05, 4.69) is 31.2 Å². The SMILES string of the molecule is COC(=O)c1c(NC(=O)/C=C\c2cnn(C)c2C)sc2c1CC[C@H](C(C)(C)C)C2. The molecule has 0 unspecified atom stereocenters. The fraction of sp³-hybridized carbons (Fsp3) is 0.500. The van der Waals surface area contributed by atoms with Gasteiger partial charge in [0.25, 0.3) is 0 Å². The van der Waals surface area contributed by atoms with Crippen LogP contribution in [0.3, 0.4) is 0 Å². The van der Waals surface area contributed by atoms with Gasteiger partial charge in [0.2, 0.25) is 5.91 Å². The Morgan fingerprint density at radius 1 is 1.38 bits per heavy atom. The number of hydrogen-bond donors (Lipinski definition) is 1. The third-order valence-electron chi connectivity index (χ3n) is 5.80. The third kappa shape index (κ3) is 4.45. The molecular formula is C22H29N3O3S. The van der Waals surface area contributed by atoms with Crippen LogP contribution >= 0.6 is 11.3 Å². The van der Waals surface area contributed by atoms with Crippen LogP contribution in [-0.4, -0.2) is 28.8 Å². The average molecular weight is 416 g/mol. The Morgan fingerprint density at radius 2 is 2.10 bits per heavy atom. The lowest BCUT2D eigenvalue weighted by Crippen LogP contribution is -2.26. The fourth-order valence-corrected chi connectivity index (χ4v) is 5.05. The molecule has 3 rings (SSSR count). The minimum atomic E-state index is -0.390. The number of rotatable bonds is 4. The molecule has 1 aliphatic carbocycles. The van der Waals surface area contributed by atoms with Crippen LogP contribution in [-0.2, 0) is 29.4 Å². The van der Waals surface area contributed by atoms with Gasteiger partial charge in [-0.05, 0) is 49.2 Å². The molecule has 7 heteroatoms. The van der Waals surface area contributed by atoms with E-state index in [1.54, 1.807) is 17.0 Å². The highest BCUT2D eigenvalue weighted by Gasteiger charge is 2.34. The molecule has 1 N–H and O–H groups in total. The molecule has 0 spiro atoms. The summed E-state index contributed by atoms with van der Waals surface area (Å²) in [5.41, 5.74) is 3.61. The van der Waals surface area contributed by atoms with E-state index >= 15 is 0 Å². The third-order valence-corrected chi connectivity index (χ3v) is 6.97. The Balaban J connectivity index is 1.85. The molecule has 1 aliphatic rings. The number of carbonyl (C=O) groups excluding carboxylic acids is 2. The molecule has 2 aromatic rings. The molecule has 0 saturated carbocycles. The number of esters is 1. The number of nitrogens with zero attached hydrogens (tertiary/aromatic N) is 2. The molecule has 1 amide bonds. The van der Waals surface area contributed by atoms with E-state index < -0.39 is 0 Å². The number of ether oxygens (including phenoxy) is 1. The second-order valence-corrected chi connectivity index (χ2v) is 9.74. The summed E-state index contributed by atoms with van der Waals surface area (Å²) >= 11 is 1.50. The topological polar surface area (TPSA) is 73.2 Å². The number of aromatic nitrogens is 2. The number of methoxy groups -OCH3 is 1. The molecule has 1 atom stereocenters. The van der Waals surface area contributed by atoms with Crippen LogP contribution in [0.15, 0.2) is 12.3 Å². The van der Waals surface area contributed by atoms with E-state index in [1.165, 1.54) is 29.4 Å². The Kier molecular flexibility index (Phi) is 5.98. The number of anilines is 1. The van der Waals surface area contributed by atoms with Crippen LogP contribution < -0.4 is 5.32 Å². The number of carbonyl (C=O) groups is 2. The predicted molar refractivity (Wildman–Crippen MR) is 116 cm³/mol. The molecule has 0 fully saturated rings. The lowest BCUT2D eigenvalue weighted by Gasteiger charge is -2.33. The van der Waals surface area contributed by atoms with E-state index in [1.807, 2.05) is 14.0 Å². The lowest BCUT2D eigenvalue weighted by atomic mass is 9.72. The van der Waals surface area contributed by atoms with Crippen molar-refractivity contribution >= 4 is 34.3 Å². The van der Waals surface area contributed by atoms with Crippen molar-refractivity contribution < 1.29 is 14.3 Å². The number of amides is 1. The number of hydrogen-bond acceptors (Lipinski definition) is 5. The number of aryl methyl sites for hydroxylation is 1. The molecule has 0 aliphatic heterocycles. The van der Waals surface area contributed by atoms with Gasteiger partial charge < -0.3 is 10.1 Å². The Hall–Kier alpha value is -2.41. The van der Waals surface area contributed by atoms with Crippen LogP contribution in [0.1, 0.15) is 59.2 Å². The van der Waals surface area contributed by atoms with E-state index in [-0.39, 0.29) is 17.3 Å². The quantitative estimate of drug-likeness (QED) is 0.594. The normalized spacial score (nSPS) is 16.7. The maximum Gasteiger partial charge on any atom is 0.341 e. The van der Waals surface area contributed by atoms with Gasteiger partial charge in [-0.2, -0.15) is 5.10 Å². The monoisotopic (exact) mass is 415 g/mol. The first-order valence-electron chi connectivity index (χ1n) is 9.82. The Morgan fingerprint density at radius 3 is 2.69 bits per heavy atom. The van der Waals surface area contributed by atoms with Crippen molar-refractivity contribution in [2.45, 2.75) is 47.0 Å². The van der Waals surface area contributed by atoms with E-state index in [0.29, 0.717) is 16.5 Å². The predicted octanol–water partition coefficient (Wildman–Crippen LogP) is 4.38. The number of nitrogens with one attached hydrogen (secondary N) is 1. The van der Waals surface area contributed by atoms with Crippen molar-refractivity contribution in [2.75, 3.05) is 12.4 Å². The standard InChI is InChI=1S/C22H29N3O3S/c1-13-14(12-23-25(13)5)7-10-18(26)24-20-19(21(27)28-6)16-9-8-15(22(2,3)4)11-17(16)29-20/h7,10,12,15H,8-9,11H2,1-6H3,(H,24,26)/b10-7-/t15-/m0/s1. The first kappa shape index (κ1) is 21.3. The molecular weight excluding hydrogens is 386 g/mol. The van der Waals surface area contributed by atoms with Gasteiger partial charge in [0.1, 0.15) is 5.00 Å². The van der Waals surface area contributed by atoms with Crippen LogP contribution in [0.5, 0.6) is 0 Å². The van der Waals surface area contributed by atoms with Crippen LogP contribution in [0.4, 0.5) is 5.00 Å². The zero-order valence-electron chi connectivity index (χ0n) is 18.0. The van der Waals surface area contributed by atoms with Crippen molar-refractivity contribution in [1.82, 2.24) is 9.78 Å². The summed E-state index contributed by atoms with van der Waals surface area (Å²) in [5, 5.41) is 7.65. The van der Waals surface area contributed by atoms with Crippen LogP contribution in [0, 0.1) is 18.3 Å². The molecule has 29 heavy (non-hydrogen) atoms. The summed E-state index contributed by atoms with van der Waals surface area (Å²) in [5.74, 6) is -0.111. The summed E-state index contributed by atoms with van der Waals surface area (Å²) in [6.45, 7) is 8.71. The zero-order chi connectivity index (χ0) is 21.3. The molecule has 2 aromatic heterocycles. The van der Waals surface area contributed by atoms with Crippen molar-refractivity contribution in [2.24, 2.45) is 18.4 Å². The lowest BCUT2D eigenvalue weighted by molar-refractivity contribution is -0.111. The first-order valence-corrected chi connectivity index (χ1v) is 10.6. The second kappa shape index (κ2) is 8.14. The smallest absolute Gasteiger partial charge is 0.341 e. The second-order valence-electron chi connectivity index (χ2n) is 8.64. The fourth-order valence-electron chi connectivity index (χ4n) is 3.73. The maximum absolute atomic E-state index is 12.5. The van der Waals surface area contributed by atoms with Crippen molar-refractivity contribution in [3.8, 4) is 0 Å². The highest BCUT2D eigenvalue weighted by Crippen LogP contribution is 2.44. The molecule has 156 valence electrons. The number of fused-ring (bicyclic) bond motifs is 1. The van der Waals surface area contributed by atoms with Gasteiger partial charge in [-0.1, -0.05) is 20.8 Å². The molecule has 0 bridgehead atoms. The van der Waals surface area contributed by atoms with Gasteiger partial charge in [0, 0.05) is 29.3 Å². The van der Waals surface area contributed by atoms with E-state index in [9.17, 15) is 9.59 Å². The summed E-state index contributed by atoms with van der Waals surface area (Å²) in [7, 11) is 3.24. The first-order chi connectivity index (χ1) is 13.6. The van der Waals surface area contributed by atoms with E-state index in [0.717, 1.165) is 36.1 Å². The summed E-state index contributed by atoms with van der Waals surface area (Å²) in [6.07, 6.45) is 7.72. The van der Waals surface area contributed by atoms with Gasteiger partial charge in [-0.25, -0.2) is 4.79 Å². The van der Waals surface area contributed by atoms with Crippen LogP contribution in [0.25, 0.3) is 6.08 Å². The summed E-state index contributed by atoms with van der Waals surface area (Å²) < 4.78 is 6.77. The van der Waals surface area contributed by atoms with Crippen molar-refractivity contribution in [1.29, 1.82) is 0 Å². The molecule has 2 heterocycles. The molecule has 6 nitrogen and oxygen atoms in total. The molecule has 0 radical (unpaired) electrons. The Bertz CT molecular complexity index is 963. The zero-order valence-corrected chi connectivity index (χ0v) is 18.8. The van der Waals surface area contributed by atoms with Gasteiger partial charge in [0.05, 0.1) is 18.9 Å². The number of thiophene rings is 1. The average Bonchev–Trinajstić information content (AvgIpc) is 3.18. The highest BCUT2D eigenvalue weighted by atomic mass is 32.1. The minimum absolute atomic E-state index is 0.209. The van der Waals surface area contributed by atoms with Gasteiger partial charge >= 0.3 is 5.97 Å².